The van der Waals surface area contributed by atoms with Crippen LogP contribution in [0.15, 0.2) is 54.7 Å². The maximum Gasteiger partial charge on any atom is 0.573 e. The van der Waals surface area contributed by atoms with Crippen LogP contribution < -0.4 is 20.3 Å². The number of carbonyl (C=O) groups excluding carboxylic acids is 1. The molecule has 0 saturated heterocycles. The zero-order chi connectivity index (χ0) is 29.6. The smallest absolute Gasteiger partial charge is 0.478 e. The summed E-state index contributed by atoms with van der Waals surface area (Å²) in [6, 6.07) is 11.4. The molecule has 0 saturated carbocycles. The standard InChI is InChI=1S/C29H33F3N4O4/c1-17(2)15-36(16-18(3)4)24-12-10-20(13-23(24)35-28(39)34-21-11-9-19(5)33-14-21)22-7-6-8-25(26(22)27(37)38)40-29(30,31)32/h6-14,17-18H,15-16H2,1-5H3,(H,37,38)(H2,34,35,39). The van der Waals surface area contributed by atoms with Crippen LogP contribution in [0.3, 0.4) is 0 Å². The van der Waals surface area contributed by atoms with Gasteiger partial charge in [-0.15, -0.1) is 13.2 Å². The molecule has 214 valence electrons. The summed E-state index contributed by atoms with van der Waals surface area (Å²) in [4.78, 5) is 31.4. The molecule has 0 unspecified atom stereocenters. The second-order valence-corrected chi connectivity index (χ2v) is 10.2. The number of nitrogens with one attached hydrogen (secondary N) is 2. The van der Waals surface area contributed by atoms with E-state index in [9.17, 15) is 27.9 Å². The van der Waals surface area contributed by atoms with E-state index in [2.05, 4.69) is 52.9 Å². The molecule has 0 atom stereocenters. The van der Waals surface area contributed by atoms with Crippen LogP contribution in [-0.4, -0.2) is 41.5 Å². The number of carboxylic acids is 1. The Balaban J connectivity index is 2.11. The fourth-order valence-corrected chi connectivity index (χ4v) is 4.26. The lowest BCUT2D eigenvalue weighted by Gasteiger charge is -2.31. The summed E-state index contributed by atoms with van der Waals surface area (Å²) in [5.41, 5.74) is 1.94. The molecule has 1 heterocycles. The average Bonchev–Trinajstić information content (AvgIpc) is 2.83. The van der Waals surface area contributed by atoms with E-state index in [-0.39, 0.29) is 23.0 Å². The van der Waals surface area contributed by atoms with Crippen molar-refractivity contribution in [2.24, 2.45) is 11.8 Å². The van der Waals surface area contributed by atoms with Gasteiger partial charge in [-0.1, -0.05) is 45.9 Å². The third kappa shape index (κ3) is 8.36. The summed E-state index contributed by atoms with van der Waals surface area (Å²) in [5, 5.41) is 15.4. The third-order valence-electron chi connectivity index (χ3n) is 5.70. The van der Waals surface area contributed by atoms with Gasteiger partial charge in [-0.05, 0) is 54.7 Å². The summed E-state index contributed by atoms with van der Waals surface area (Å²) in [5.74, 6) is -1.84. The molecule has 3 aromatic rings. The number of pyridine rings is 1. The first-order valence-electron chi connectivity index (χ1n) is 12.8. The third-order valence-corrected chi connectivity index (χ3v) is 5.70. The molecule has 0 bridgehead atoms. The van der Waals surface area contributed by atoms with Crippen molar-refractivity contribution < 1.29 is 32.6 Å². The van der Waals surface area contributed by atoms with Gasteiger partial charge in [0.15, 0.2) is 0 Å². The fraction of sp³-hybridized carbons (Fsp3) is 0.345. The van der Waals surface area contributed by atoms with Crippen LogP contribution in [0.1, 0.15) is 43.7 Å². The van der Waals surface area contributed by atoms with Gasteiger partial charge in [-0.2, -0.15) is 0 Å². The number of nitrogens with zero attached hydrogens (tertiary/aromatic N) is 2. The van der Waals surface area contributed by atoms with E-state index in [1.54, 1.807) is 30.3 Å². The van der Waals surface area contributed by atoms with Crippen molar-refractivity contribution in [3.8, 4) is 16.9 Å². The number of aromatic nitrogens is 1. The average molecular weight is 559 g/mol. The molecule has 2 amide bonds. The number of benzene rings is 2. The number of hydrogen-bond acceptors (Lipinski definition) is 5. The molecule has 11 heteroatoms. The maximum atomic E-state index is 13.0. The van der Waals surface area contributed by atoms with Gasteiger partial charge >= 0.3 is 18.4 Å². The summed E-state index contributed by atoms with van der Waals surface area (Å²) in [6.07, 6.45) is -3.56. The molecule has 2 aromatic carbocycles. The van der Waals surface area contributed by atoms with Gasteiger partial charge in [-0.3, -0.25) is 4.98 Å². The Bertz CT molecular complexity index is 1330. The Labute approximate surface area is 231 Å². The second kappa shape index (κ2) is 12.7. The summed E-state index contributed by atoms with van der Waals surface area (Å²) in [7, 11) is 0. The van der Waals surface area contributed by atoms with E-state index in [4.69, 9.17) is 0 Å². The number of halogens is 3. The van der Waals surface area contributed by atoms with Crippen molar-refractivity contribution >= 4 is 29.1 Å². The molecule has 0 spiro atoms. The number of ether oxygens (including phenoxy) is 1. The van der Waals surface area contributed by atoms with Crippen LogP contribution in [0.2, 0.25) is 0 Å². The lowest BCUT2D eigenvalue weighted by atomic mass is 9.97. The molecular formula is C29H33F3N4O4. The van der Waals surface area contributed by atoms with Gasteiger partial charge in [0.05, 0.1) is 23.3 Å². The minimum absolute atomic E-state index is 0.00580. The number of hydrogen-bond donors (Lipinski definition) is 3. The van der Waals surface area contributed by atoms with Crippen LogP contribution in [0, 0.1) is 18.8 Å². The predicted octanol–water partition coefficient (Wildman–Crippen LogP) is 7.42. The Morgan fingerprint density at radius 1 is 1.00 bits per heavy atom. The summed E-state index contributed by atoms with van der Waals surface area (Å²) < 4.78 is 43.0. The van der Waals surface area contributed by atoms with Crippen molar-refractivity contribution in [3.63, 3.8) is 0 Å². The Hall–Kier alpha value is -4.28. The van der Waals surface area contributed by atoms with E-state index >= 15 is 0 Å². The lowest BCUT2D eigenvalue weighted by molar-refractivity contribution is -0.274. The Morgan fingerprint density at radius 2 is 1.68 bits per heavy atom. The molecule has 3 rings (SSSR count). The Morgan fingerprint density at radius 3 is 2.23 bits per heavy atom. The van der Waals surface area contributed by atoms with Crippen LogP contribution >= 0.6 is 0 Å². The highest BCUT2D eigenvalue weighted by Crippen LogP contribution is 2.38. The van der Waals surface area contributed by atoms with Crippen LogP contribution in [0.25, 0.3) is 11.1 Å². The SMILES string of the molecule is Cc1ccc(NC(=O)Nc2cc(-c3cccc(OC(F)(F)F)c3C(=O)O)ccc2N(CC(C)C)CC(C)C)cn1. The molecular weight excluding hydrogens is 525 g/mol. The van der Waals surface area contributed by atoms with Gasteiger partial charge in [0, 0.05) is 24.3 Å². The zero-order valence-electron chi connectivity index (χ0n) is 23.0. The highest BCUT2D eigenvalue weighted by molar-refractivity contribution is 6.03. The topological polar surface area (TPSA) is 104 Å². The van der Waals surface area contributed by atoms with Gasteiger partial charge in [0.1, 0.15) is 11.3 Å². The molecule has 0 fully saturated rings. The van der Waals surface area contributed by atoms with E-state index in [0.29, 0.717) is 30.2 Å². The predicted molar refractivity (Wildman–Crippen MR) is 149 cm³/mol. The van der Waals surface area contributed by atoms with E-state index in [1.807, 2.05) is 6.92 Å². The first-order chi connectivity index (χ1) is 18.7. The highest BCUT2D eigenvalue weighted by Gasteiger charge is 2.34. The lowest BCUT2D eigenvalue weighted by Crippen LogP contribution is -2.32. The number of amides is 2. The fourth-order valence-electron chi connectivity index (χ4n) is 4.26. The molecule has 0 radical (unpaired) electrons. The van der Waals surface area contributed by atoms with E-state index in [1.165, 1.54) is 18.3 Å². The molecule has 8 nitrogen and oxygen atoms in total. The van der Waals surface area contributed by atoms with Crippen LogP contribution in [0.5, 0.6) is 5.75 Å². The number of rotatable bonds is 10. The molecule has 0 aliphatic carbocycles. The number of aryl methyl sites for hydroxylation is 1. The minimum atomic E-state index is -5.07. The van der Waals surface area contributed by atoms with Gasteiger partial charge in [0.25, 0.3) is 0 Å². The van der Waals surface area contributed by atoms with E-state index in [0.717, 1.165) is 11.8 Å². The molecule has 0 aliphatic heterocycles. The van der Waals surface area contributed by atoms with Crippen molar-refractivity contribution in [1.29, 1.82) is 0 Å². The quantitative estimate of drug-likeness (QED) is 0.239. The first-order valence-corrected chi connectivity index (χ1v) is 12.8. The number of anilines is 3. The van der Waals surface area contributed by atoms with Gasteiger partial charge < -0.3 is 25.4 Å². The van der Waals surface area contributed by atoms with Crippen molar-refractivity contribution in [1.82, 2.24) is 4.98 Å². The van der Waals surface area contributed by atoms with Crippen molar-refractivity contribution in [3.05, 3.63) is 66.0 Å². The maximum absolute atomic E-state index is 13.0. The molecule has 3 N–H and O–H groups in total. The molecule has 1 aromatic heterocycles. The summed E-state index contributed by atoms with van der Waals surface area (Å²) in [6.45, 7) is 11.4. The number of carboxylic acid groups (broad SMARTS) is 1. The normalized spacial score (nSPS) is 11.4. The number of carbonyl (C=O) groups is 2. The Kier molecular flexibility index (Phi) is 9.62. The van der Waals surface area contributed by atoms with Crippen molar-refractivity contribution in [2.75, 3.05) is 28.6 Å². The van der Waals surface area contributed by atoms with Gasteiger partial charge in [0.2, 0.25) is 0 Å². The van der Waals surface area contributed by atoms with Crippen molar-refractivity contribution in [2.45, 2.75) is 41.0 Å². The number of alkyl halides is 3. The van der Waals surface area contributed by atoms with Gasteiger partial charge in [-0.25, -0.2) is 9.59 Å². The summed E-state index contributed by atoms with van der Waals surface area (Å²) >= 11 is 0. The largest absolute Gasteiger partial charge is 0.573 e. The van der Waals surface area contributed by atoms with Crippen LogP contribution in [0.4, 0.5) is 35.0 Å². The second-order valence-electron chi connectivity index (χ2n) is 10.2. The number of urea groups is 1. The molecule has 40 heavy (non-hydrogen) atoms. The highest BCUT2D eigenvalue weighted by atomic mass is 19.4. The van der Waals surface area contributed by atoms with Crippen LogP contribution in [-0.2, 0) is 0 Å². The zero-order valence-corrected chi connectivity index (χ0v) is 23.0. The van der Waals surface area contributed by atoms with E-state index < -0.39 is 29.7 Å². The molecule has 0 aliphatic rings. The number of aromatic carboxylic acids is 1. The first kappa shape index (κ1) is 30.3. The minimum Gasteiger partial charge on any atom is -0.478 e. The monoisotopic (exact) mass is 558 g/mol.